The zero-order chi connectivity index (χ0) is 46.0. The molecule has 4 rings (SSSR count). The molecule has 0 spiro atoms. The molecule has 31 nitrogen and oxygen atoms in total. The molecule has 352 valence electrons. The molecule has 33 heteroatoms. The van der Waals surface area contributed by atoms with Crippen LogP contribution in [-0.2, 0) is 81.5 Å². The van der Waals surface area contributed by atoms with Crippen LogP contribution in [-0.4, -0.2) is 237 Å². The Labute approximate surface area is 342 Å². The predicted molar refractivity (Wildman–Crippen MR) is 179 cm³/mol. The molecule has 1 unspecified atom stereocenters. The smallest absolute Gasteiger partial charge is 0.397 e. The van der Waals surface area contributed by atoms with Crippen LogP contribution in [0.15, 0.2) is 0 Å². The summed E-state index contributed by atoms with van der Waals surface area (Å²) >= 11 is 0. The zero-order valence-corrected chi connectivity index (χ0v) is 32.7. The molecule has 4 aliphatic heterocycles. The molecule has 0 radical (unpaired) electrons. The summed E-state index contributed by atoms with van der Waals surface area (Å²) in [5.74, 6) is -5.98. The molecule has 14 N–H and O–H groups in total. The Bertz CT molecular complexity index is 1790. The third-order valence-corrected chi connectivity index (χ3v) is 10.3. The van der Waals surface area contributed by atoms with Gasteiger partial charge in [-0.05, 0) is 0 Å². The van der Waals surface area contributed by atoms with Gasteiger partial charge in [-0.1, -0.05) is 0 Å². The number of nitrogens with one attached hydrogen (secondary N) is 2. The van der Waals surface area contributed by atoms with Gasteiger partial charge in [0.15, 0.2) is 37.4 Å². The van der Waals surface area contributed by atoms with E-state index in [2.05, 4.69) is 19.0 Å². The van der Waals surface area contributed by atoms with Crippen molar-refractivity contribution < 1.29 is 138 Å². The molecule has 0 aromatic carbocycles. The van der Waals surface area contributed by atoms with Crippen LogP contribution in [0.25, 0.3) is 0 Å². The molecule has 0 saturated carbocycles. The summed E-state index contributed by atoms with van der Waals surface area (Å²) < 4.78 is 113. The van der Waals surface area contributed by atoms with Crippen LogP contribution in [0.4, 0.5) is 0 Å². The lowest BCUT2D eigenvalue weighted by Crippen LogP contribution is -2.71. The zero-order valence-electron chi connectivity index (χ0n) is 31.1. The highest BCUT2D eigenvalue weighted by Crippen LogP contribution is 2.36. The molecule has 2 amide bonds. The number of hydrogen-bond donors (Lipinski definition) is 14. The average molecular weight is 937 g/mol. The monoisotopic (exact) mass is 936 g/mol. The number of carboxylic acids is 2. The molecular weight excluding hydrogens is 892 g/mol. The summed E-state index contributed by atoms with van der Waals surface area (Å²) in [6.07, 6.45) is -41.5. The molecule has 0 aromatic heterocycles. The summed E-state index contributed by atoms with van der Waals surface area (Å²) in [5.41, 5.74) is 0. The Balaban J connectivity index is 1.72. The van der Waals surface area contributed by atoms with Crippen LogP contribution in [0.5, 0.6) is 0 Å². The van der Waals surface area contributed by atoms with E-state index in [1.807, 2.05) is 0 Å². The maximum Gasteiger partial charge on any atom is 0.397 e. The van der Waals surface area contributed by atoms with Crippen molar-refractivity contribution in [2.45, 2.75) is 137 Å². The molecule has 4 aliphatic rings. The first-order chi connectivity index (χ1) is 28.2. The normalized spacial score (nSPS) is 42.3. The minimum Gasteiger partial charge on any atom is -0.479 e. The minimum atomic E-state index is -5.62. The maximum absolute atomic E-state index is 12.6. The molecule has 61 heavy (non-hydrogen) atoms. The number of carbonyl (C=O) groups excluding carboxylic acids is 2. The molecule has 4 fully saturated rings. The Hall–Kier alpha value is -2.98. The van der Waals surface area contributed by atoms with E-state index >= 15 is 0 Å². The molecular formula is C28H44N2O29S2. The summed E-state index contributed by atoms with van der Waals surface area (Å²) in [6.45, 7) is -0.779. The van der Waals surface area contributed by atoms with Gasteiger partial charge in [0.05, 0.1) is 13.2 Å². The number of ether oxygens (including phenoxy) is 7. The molecule has 20 atom stereocenters. The van der Waals surface area contributed by atoms with Crippen molar-refractivity contribution in [3.63, 3.8) is 0 Å². The average Bonchev–Trinajstić information content (AvgIpc) is 3.13. The van der Waals surface area contributed by atoms with E-state index in [0.717, 1.165) is 13.8 Å². The molecule has 4 saturated heterocycles. The standard InChI is InChI=1S/C28H44N2O29S2/c1-5(33)29-9-11(35)16(58-60(45,46)47)7(3-31)51-26(9)55-20-13(37)15(39)28(57-22(20)24(42)43)54-18-10(30-6(2)34)27(52-8(4-32)17(18)59-61(48,49)50)56-19-12(36)14(38)25(44)53-21(19)23(40)41/h7-22,25-28,31-32,35-39,44H,3-4H2,1-2H3,(H,29,33)(H,30,34)(H,40,41)(H,42,43)(H,45,46,47)(H,48,49,50)/t7-,8-,9-,10-,11-,12-,13-,14-,15-,16+,17+,18-,19+,20+,21+,22+,25?,26+,27+,28-/m1/s1. The fraction of sp³-hybridized carbons (Fsp3) is 0.857. The van der Waals surface area contributed by atoms with E-state index in [4.69, 9.17) is 33.2 Å². The van der Waals surface area contributed by atoms with Gasteiger partial charge in [-0.2, -0.15) is 16.8 Å². The van der Waals surface area contributed by atoms with E-state index in [0.29, 0.717) is 0 Å². The highest BCUT2D eigenvalue weighted by atomic mass is 32.3. The van der Waals surface area contributed by atoms with E-state index in [9.17, 15) is 96.2 Å². The van der Waals surface area contributed by atoms with Crippen LogP contribution in [0, 0.1) is 0 Å². The fourth-order valence-electron chi connectivity index (χ4n) is 6.77. The quantitative estimate of drug-likeness (QED) is 0.0639. The van der Waals surface area contributed by atoms with Crippen molar-refractivity contribution >= 4 is 44.6 Å². The second-order valence-corrected chi connectivity index (χ2v) is 15.8. The lowest BCUT2D eigenvalue weighted by atomic mass is 9.94. The van der Waals surface area contributed by atoms with Crippen molar-refractivity contribution in [2.24, 2.45) is 0 Å². The van der Waals surface area contributed by atoms with Crippen LogP contribution in [0.1, 0.15) is 13.8 Å². The van der Waals surface area contributed by atoms with Gasteiger partial charge in [-0.3, -0.25) is 18.7 Å². The first-order valence-electron chi connectivity index (χ1n) is 17.4. The Morgan fingerprint density at radius 1 is 0.525 bits per heavy atom. The topological polar surface area (TPSA) is 486 Å². The van der Waals surface area contributed by atoms with Crippen molar-refractivity contribution in [2.75, 3.05) is 13.2 Å². The largest absolute Gasteiger partial charge is 0.479 e. The number of amides is 2. The lowest BCUT2D eigenvalue weighted by molar-refractivity contribution is -0.366. The number of hydrogen-bond acceptors (Lipinski definition) is 25. The number of aliphatic hydroxyl groups excluding tert-OH is 8. The van der Waals surface area contributed by atoms with E-state index in [1.54, 1.807) is 0 Å². The van der Waals surface area contributed by atoms with E-state index in [-0.39, 0.29) is 0 Å². The summed E-state index contributed by atoms with van der Waals surface area (Å²) in [4.78, 5) is 49.1. The lowest BCUT2D eigenvalue weighted by Gasteiger charge is -2.50. The Kier molecular flexibility index (Phi) is 16.8. The van der Waals surface area contributed by atoms with Gasteiger partial charge in [-0.15, -0.1) is 0 Å². The van der Waals surface area contributed by atoms with Crippen LogP contribution >= 0.6 is 0 Å². The van der Waals surface area contributed by atoms with Gasteiger partial charge in [0.1, 0.15) is 85.3 Å². The summed E-state index contributed by atoms with van der Waals surface area (Å²) in [6, 6.07) is -4.07. The van der Waals surface area contributed by atoms with Gasteiger partial charge < -0.3 is 94.9 Å². The highest BCUT2D eigenvalue weighted by Gasteiger charge is 2.59. The molecule has 0 aliphatic carbocycles. The SMILES string of the molecule is CC(=O)N[C@H]1[C@H](O[C@H]2[C@H](O)[C@@H](O)[C@H](O[C@@H]3[C@@H](NC(C)=O)[C@H](O[C@H]4[C@H](O)[C@@H](O)C(O)O[C@@H]4C(=O)O)O[C@H](CO)[C@@H]3OS(=O)(=O)O)O[C@@H]2C(=O)O)O[C@H](CO)[C@H](OS(=O)(=O)O)[C@@H]1O. The fourth-order valence-corrected chi connectivity index (χ4v) is 7.80. The summed E-state index contributed by atoms with van der Waals surface area (Å²) in [7, 11) is -11.0. The molecule has 0 bridgehead atoms. The van der Waals surface area contributed by atoms with Crippen molar-refractivity contribution in [3.05, 3.63) is 0 Å². The summed E-state index contributed by atoms with van der Waals surface area (Å²) in [5, 5.41) is 108. The predicted octanol–water partition coefficient (Wildman–Crippen LogP) is -9.62. The number of carboxylic acid groups (broad SMARTS) is 2. The van der Waals surface area contributed by atoms with Crippen LogP contribution < -0.4 is 10.6 Å². The van der Waals surface area contributed by atoms with Gasteiger partial charge in [-0.25, -0.2) is 18.0 Å². The van der Waals surface area contributed by atoms with Gasteiger partial charge >= 0.3 is 32.7 Å². The third kappa shape index (κ3) is 12.2. The molecule has 0 aromatic rings. The van der Waals surface area contributed by atoms with Crippen molar-refractivity contribution in [1.82, 2.24) is 10.6 Å². The highest BCUT2D eigenvalue weighted by molar-refractivity contribution is 7.81. The molecule has 4 heterocycles. The van der Waals surface area contributed by atoms with Gasteiger partial charge in [0, 0.05) is 13.8 Å². The number of aliphatic hydroxyl groups is 8. The minimum absolute atomic E-state index is 0.832. The van der Waals surface area contributed by atoms with Crippen LogP contribution in [0.2, 0.25) is 0 Å². The van der Waals surface area contributed by atoms with Crippen molar-refractivity contribution in [3.8, 4) is 0 Å². The van der Waals surface area contributed by atoms with Crippen LogP contribution in [0.3, 0.4) is 0 Å². The Morgan fingerprint density at radius 2 is 0.934 bits per heavy atom. The van der Waals surface area contributed by atoms with Gasteiger partial charge in [0.2, 0.25) is 11.8 Å². The number of aliphatic carboxylic acids is 2. The Morgan fingerprint density at radius 3 is 1.39 bits per heavy atom. The first kappa shape index (κ1) is 50.7. The van der Waals surface area contributed by atoms with E-state index in [1.165, 1.54) is 0 Å². The third-order valence-electron chi connectivity index (χ3n) is 9.35. The first-order valence-corrected chi connectivity index (χ1v) is 20.1. The van der Waals surface area contributed by atoms with Crippen molar-refractivity contribution in [1.29, 1.82) is 0 Å². The number of rotatable bonds is 16. The maximum atomic E-state index is 12.6. The second-order valence-electron chi connectivity index (χ2n) is 13.7. The number of carbonyl (C=O) groups is 4. The van der Waals surface area contributed by atoms with E-state index < -0.39 is 180 Å². The van der Waals surface area contributed by atoms with Gasteiger partial charge in [0.25, 0.3) is 0 Å². The second kappa shape index (κ2) is 20.2.